The normalized spacial score (nSPS) is 14.6. The molecule has 25 heavy (non-hydrogen) atoms. The van der Waals surface area contributed by atoms with Crippen molar-refractivity contribution in [2.45, 2.75) is 45.1 Å². The third kappa shape index (κ3) is 9.13. The summed E-state index contributed by atoms with van der Waals surface area (Å²) in [4.78, 5) is 19.4. The van der Waals surface area contributed by atoms with Crippen LogP contribution in [0.4, 0.5) is 18.0 Å². The summed E-state index contributed by atoms with van der Waals surface area (Å²) in [6.45, 7) is 11.3. The Morgan fingerprint density at radius 1 is 1.40 bits per heavy atom. The fraction of sp³-hybridized carbons (Fsp3) is 0.533. The molecule has 0 rings (SSSR count). The maximum absolute atomic E-state index is 13.2. The van der Waals surface area contributed by atoms with Crippen molar-refractivity contribution in [3.8, 4) is 0 Å². The van der Waals surface area contributed by atoms with E-state index in [9.17, 15) is 18.0 Å². The van der Waals surface area contributed by atoms with Crippen LogP contribution in [0.5, 0.6) is 0 Å². The lowest BCUT2D eigenvalue weighted by Crippen LogP contribution is -2.53. The van der Waals surface area contributed by atoms with Crippen LogP contribution in [0.25, 0.3) is 0 Å². The molecule has 0 aromatic carbocycles. The molecule has 0 bridgehead atoms. The Morgan fingerprint density at radius 2 is 1.96 bits per heavy atom. The van der Waals surface area contributed by atoms with E-state index in [4.69, 9.17) is 16.3 Å². The van der Waals surface area contributed by atoms with Gasteiger partial charge in [-0.15, -0.1) is 0 Å². The zero-order valence-corrected chi connectivity index (χ0v) is 15.3. The van der Waals surface area contributed by atoms with Gasteiger partial charge in [-0.25, -0.2) is 9.79 Å². The molecular formula is C15H22ClF3N4O2. The number of hydrogen-bond donors (Lipinski definition) is 1. The average molecular weight is 383 g/mol. The van der Waals surface area contributed by atoms with Crippen LogP contribution in [0.1, 0.15) is 27.2 Å². The Balaban J connectivity index is 5.59. The summed E-state index contributed by atoms with van der Waals surface area (Å²) in [5.74, 6) is -1.25. The van der Waals surface area contributed by atoms with Gasteiger partial charge in [0.25, 0.3) is 0 Å². The molecule has 0 aliphatic carbocycles. The van der Waals surface area contributed by atoms with E-state index in [1.165, 1.54) is 0 Å². The van der Waals surface area contributed by atoms with Crippen LogP contribution < -0.4 is 5.32 Å². The van der Waals surface area contributed by atoms with E-state index in [0.29, 0.717) is 0 Å². The Kier molecular flexibility index (Phi) is 8.68. The largest absolute Gasteiger partial charge is 0.449 e. The van der Waals surface area contributed by atoms with Crippen molar-refractivity contribution in [3.63, 3.8) is 0 Å². The second-order valence-electron chi connectivity index (χ2n) is 5.87. The number of ether oxygens (including phenoxy) is 1. The molecule has 1 N–H and O–H groups in total. The monoisotopic (exact) mass is 382 g/mol. The van der Waals surface area contributed by atoms with Crippen LogP contribution in [0.3, 0.4) is 0 Å². The van der Waals surface area contributed by atoms with E-state index in [0.717, 1.165) is 24.3 Å². The molecular weight excluding hydrogens is 361 g/mol. The van der Waals surface area contributed by atoms with Crippen LogP contribution >= 0.6 is 11.6 Å². The SMILES string of the molecule is C=C/N=C(\N(C)C(C/C(Cl)=C\N=C)NC(=O)OC(C)(C)C)C(F)(F)F. The molecule has 1 atom stereocenters. The topological polar surface area (TPSA) is 66.3 Å². The molecule has 1 unspecified atom stereocenters. The highest BCUT2D eigenvalue weighted by Gasteiger charge is 2.41. The van der Waals surface area contributed by atoms with E-state index in [-0.39, 0.29) is 11.5 Å². The quantitative estimate of drug-likeness (QED) is 0.428. The van der Waals surface area contributed by atoms with E-state index < -0.39 is 29.9 Å². The first-order chi connectivity index (χ1) is 11.3. The zero-order valence-electron chi connectivity index (χ0n) is 14.5. The molecule has 0 aromatic heterocycles. The number of halogens is 4. The minimum atomic E-state index is -4.76. The minimum absolute atomic E-state index is 0.0861. The van der Waals surface area contributed by atoms with Crippen LogP contribution in [-0.2, 0) is 4.74 Å². The van der Waals surface area contributed by atoms with Crippen molar-refractivity contribution in [3.05, 3.63) is 24.0 Å². The van der Waals surface area contributed by atoms with Crippen molar-refractivity contribution in [2.24, 2.45) is 9.98 Å². The molecule has 0 saturated carbocycles. The van der Waals surface area contributed by atoms with Gasteiger partial charge in [-0.3, -0.25) is 4.99 Å². The van der Waals surface area contributed by atoms with Crippen molar-refractivity contribution in [1.29, 1.82) is 0 Å². The van der Waals surface area contributed by atoms with Gasteiger partial charge < -0.3 is 15.0 Å². The second-order valence-corrected chi connectivity index (χ2v) is 6.35. The summed E-state index contributed by atoms with van der Waals surface area (Å²) in [6, 6.07) is 0. The summed E-state index contributed by atoms with van der Waals surface area (Å²) in [6.07, 6.45) is -5.11. The zero-order chi connectivity index (χ0) is 19.8. The van der Waals surface area contributed by atoms with Crippen LogP contribution in [0.2, 0.25) is 0 Å². The third-order valence-corrected chi connectivity index (χ3v) is 2.82. The highest BCUT2D eigenvalue weighted by atomic mass is 35.5. The Morgan fingerprint density at radius 3 is 2.36 bits per heavy atom. The van der Waals surface area contributed by atoms with E-state index in [2.05, 4.69) is 28.6 Å². The molecule has 0 radical (unpaired) electrons. The van der Waals surface area contributed by atoms with Crippen molar-refractivity contribution in [1.82, 2.24) is 10.2 Å². The Labute approximate surface area is 150 Å². The Hall–Kier alpha value is -2.03. The number of alkyl halides is 3. The lowest BCUT2D eigenvalue weighted by molar-refractivity contribution is -0.0702. The smallest absolute Gasteiger partial charge is 0.444 e. The standard InChI is InChI=1S/C15H22ClF3N4O2/c1-7-21-12(15(17,18)19)23(6)11(8-10(16)9-20-5)22-13(24)25-14(2,3)4/h7,9,11H,1,5,8H2,2-4,6H3,(H,22,24)/b10-9+,21-12-. The van der Waals surface area contributed by atoms with Gasteiger partial charge in [0, 0.05) is 30.9 Å². The molecule has 142 valence electrons. The number of amides is 1. The fourth-order valence-corrected chi connectivity index (χ4v) is 1.88. The minimum Gasteiger partial charge on any atom is -0.444 e. The summed E-state index contributed by atoms with van der Waals surface area (Å²) in [5.41, 5.74) is -0.822. The number of hydrogen-bond acceptors (Lipinski definition) is 4. The molecule has 0 fully saturated rings. The van der Waals surface area contributed by atoms with Gasteiger partial charge >= 0.3 is 12.3 Å². The summed E-state index contributed by atoms with van der Waals surface area (Å²) >= 11 is 5.90. The lowest BCUT2D eigenvalue weighted by atomic mass is 10.2. The number of nitrogens with zero attached hydrogens (tertiary/aromatic N) is 3. The molecule has 0 saturated heterocycles. The van der Waals surface area contributed by atoms with E-state index in [1.807, 2.05) is 0 Å². The maximum atomic E-state index is 13.2. The van der Waals surface area contributed by atoms with Gasteiger partial charge in [0.1, 0.15) is 11.8 Å². The van der Waals surface area contributed by atoms with Crippen LogP contribution in [0.15, 0.2) is 34.0 Å². The number of rotatable bonds is 6. The van der Waals surface area contributed by atoms with E-state index in [1.54, 1.807) is 20.8 Å². The molecule has 1 amide bonds. The first-order valence-corrected chi connectivity index (χ1v) is 7.48. The summed E-state index contributed by atoms with van der Waals surface area (Å²) in [7, 11) is 1.11. The fourth-order valence-electron chi connectivity index (χ4n) is 1.66. The first-order valence-electron chi connectivity index (χ1n) is 7.10. The van der Waals surface area contributed by atoms with E-state index >= 15 is 0 Å². The second kappa shape index (κ2) is 9.45. The number of nitrogens with one attached hydrogen (secondary N) is 1. The number of carbonyl (C=O) groups excluding carboxylic acids is 1. The molecule has 0 aliphatic heterocycles. The summed E-state index contributed by atoms with van der Waals surface area (Å²) in [5, 5.41) is 2.42. The number of carbonyl (C=O) groups is 1. The summed E-state index contributed by atoms with van der Waals surface area (Å²) < 4.78 is 44.6. The predicted octanol–water partition coefficient (Wildman–Crippen LogP) is 4.04. The van der Waals surface area contributed by atoms with Gasteiger partial charge in [0.05, 0.1) is 0 Å². The first kappa shape index (κ1) is 23.0. The van der Waals surface area contributed by atoms with Crippen LogP contribution in [0, 0.1) is 0 Å². The van der Waals surface area contributed by atoms with Gasteiger partial charge in [0.15, 0.2) is 0 Å². The molecule has 6 nitrogen and oxygen atoms in total. The molecule has 0 heterocycles. The molecule has 0 spiro atoms. The van der Waals surface area contributed by atoms with Gasteiger partial charge in [-0.1, -0.05) is 18.2 Å². The molecule has 0 aliphatic rings. The highest BCUT2D eigenvalue weighted by molar-refractivity contribution is 6.29. The lowest BCUT2D eigenvalue weighted by Gasteiger charge is -2.32. The Bertz CT molecular complexity index is 554. The van der Waals surface area contributed by atoms with Crippen molar-refractivity contribution < 1.29 is 22.7 Å². The van der Waals surface area contributed by atoms with Crippen LogP contribution in [-0.4, -0.2) is 48.5 Å². The third-order valence-electron chi connectivity index (χ3n) is 2.57. The highest BCUT2D eigenvalue weighted by Crippen LogP contribution is 2.23. The van der Waals surface area contributed by atoms with Crippen molar-refractivity contribution >= 4 is 30.2 Å². The van der Waals surface area contributed by atoms with Gasteiger partial charge in [-0.2, -0.15) is 13.2 Å². The number of alkyl carbamates (subject to hydrolysis) is 1. The maximum Gasteiger partial charge on any atom is 0.449 e. The van der Waals surface area contributed by atoms with Gasteiger partial charge in [-0.05, 0) is 27.5 Å². The number of amidine groups is 1. The molecule has 0 aromatic rings. The molecule has 10 heteroatoms. The van der Waals surface area contributed by atoms with Gasteiger partial charge in [0.2, 0.25) is 5.84 Å². The number of aliphatic imine (C=N–C) groups is 2. The predicted molar refractivity (Wildman–Crippen MR) is 92.7 cm³/mol. The van der Waals surface area contributed by atoms with Crippen molar-refractivity contribution in [2.75, 3.05) is 7.05 Å². The average Bonchev–Trinajstić information content (AvgIpc) is 2.40.